The molecule has 0 atom stereocenters. The molecule has 0 saturated heterocycles. The molecule has 2 aromatic rings. The maximum atomic E-state index is 13.6. The lowest BCUT2D eigenvalue weighted by Gasteiger charge is -2.18. The van der Waals surface area contributed by atoms with E-state index in [9.17, 15) is 13.3 Å². The molecule has 0 bridgehead atoms. The van der Waals surface area contributed by atoms with Crippen molar-refractivity contribution in [2.24, 2.45) is 0 Å². The molecule has 0 aliphatic carbocycles. The van der Waals surface area contributed by atoms with Gasteiger partial charge >= 0.3 is 13.3 Å². The van der Waals surface area contributed by atoms with E-state index in [0.717, 1.165) is 17.7 Å². The predicted molar refractivity (Wildman–Crippen MR) is 77.8 cm³/mol. The van der Waals surface area contributed by atoms with Gasteiger partial charge in [-0.1, -0.05) is 60.7 Å². The van der Waals surface area contributed by atoms with Crippen molar-refractivity contribution in [2.75, 3.05) is 0 Å². The van der Waals surface area contributed by atoms with E-state index in [4.69, 9.17) is 9.79 Å². The number of halogens is 2. The lowest BCUT2D eigenvalue weighted by Crippen LogP contribution is -2.13. The first-order chi connectivity index (χ1) is 9.80. The fraction of sp³-hybridized carbons (Fsp3) is 0.0667. The van der Waals surface area contributed by atoms with Crippen LogP contribution in [0.25, 0.3) is 12.2 Å². The van der Waals surface area contributed by atoms with Crippen LogP contribution < -0.4 is 0 Å². The van der Waals surface area contributed by atoms with Crippen LogP contribution in [0.3, 0.4) is 0 Å². The molecule has 0 spiro atoms. The molecule has 2 rings (SSSR count). The van der Waals surface area contributed by atoms with Crippen LogP contribution in [0.5, 0.6) is 0 Å². The fourth-order valence-corrected chi connectivity index (χ4v) is 2.23. The Morgan fingerprint density at radius 1 is 0.905 bits per heavy atom. The summed E-state index contributed by atoms with van der Waals surface area (Å²) in [4.78, 5) is 17.5. The molecule has 6 heteroatoms. The molecule has 0 radical (unpaired) electrons. The predicted octanol–water partition coefficient (Wildman–Crippen LogP) is 4.08. The van der Waals surface area contributed by atoms with Gasteiger partial charge in [0, 0.05) is 5.56 Å². The Morgan fingerprint density at radius 3 is 2.10 bits per heavy atom. The van der Waals surface area contributed by atoms with Crippen LogP contribution in [0.15, 0.2) is 54.6 Å². The Hall–Kier alpha value is -1.81. The van der Waals surface area contributed by atoms with E-state index in [1.54, 1.807) is 18.2 Å². The molecule has 21 heavy (non-hydrogen) atoms. The maximum absolute atomic E-state index is 13.6. The molecule has 0 aromatic heterocycles. The smallest absolute Gasteiger partial charge is 0.320 e. The summed E-state index contributed by atoms with van der Waals surface area (Å²) >= 11 is 0. The van der Waals surface area contributed by atoms with E-state index >= 15 is 0 Å². The van der Waals surface area contributed by atoms with Crippen LogP contribution in [0, 0.1) is 0 Å². The summed E-state index contributed by atoms with van der Waals surface area (Å²) in [5.74, 6) is 0. The Kier molecular flexibility index (Phi) is 4.37. The number of alkyl halides is 2. The summed E-state index contributed by atoms with van der Waals surface area (Å²) in [5.41, 5.74) is -3.57. The summed E-state index contributed by atoms with van der Waals surface area (Å²) in [6.45, 7) is 0. The summed E-state index contributed by atoms with van der Waals surface area (Å²) in [6, 6.07) is 14.2. The molecule has 0 amide bonds. The zero-order valence-corrected chi connectivity index (χ0v) is 11.8. The largest absolute Gasteiger partial charge is 0.399 e. The van der Waals surface area contributed by atoms with Gasteiger partial charge in [-0.2, -0.15) is 8.78 Å². The van der Waals surface area contributed by atoms with Crippen molar-refractivity contribution < 1.29 is 23.1 Å². The SMILES string of the molecule is O=P(O)(O)C(F)(F)c1cccc(/C=C\c2ccccc2)c1. The summed E-state index contributed by atoms with van der Waals surface area (Å²) in [7, 11) is -5.54. The van der Waals surface area contributed by atoms with Crippen molar-refractivity contribution in [1.82, 2.24) is 0 Å². The second kappa shape index (κ2) is 5.90. The second-order valence-corrected chi connectivity index (χ2v) is 6.10. The van der Waals surface area contributed by atoms with Gasteiger partial charge in [0.15, 0.2) is 0 Å². The average molecular weight is 310 g/mol. The summed E-state index contributed by atoms with van der Waals surface area (Å²) < 4.78 is 38.1. The highest BCUT2D eigenvalue weighted by Crippen LogP contribution is 2.59. The van der Waals surface area contributed by atoms with Crippen molar-refractivity contribution >= 4 is 19.7 Å². The van der Waals surface area contributed by atoms with E-state index in [0.29, 0.717) is 5.56 Å². The normalized spacial score (nSPS) is 12.8. The van der Waals surface area contributed by atoms with E-state index in [-0.39, 0.29) is 0 Å². The minimum Gasteiger partial charge on any atom is -0.320 e. The van der Waals surface area contributed by atoms with Gasteiger partial charge < -0.3 is 9.79 Å². The van der Waals surface area contributed by atoms with Crippen molar-refractivity contribution in [2.45, 2.75) is 5.66 Å². The molecule has 0 saturated carbocycles. The van der Waals surface area contributed by atoms with Gasteiger partial charge in [-0.15, -0.1) is 0 Å². The number of benzene rings is 2. The van der Waals surface area contributed by atoms with Gasteiger partial charge in [0.1, 0.15) is 0 Å². The lowest BCUT2D eigenvalue weighted by molar-refractivity contribution is 0.0564. The van der Waals surface area contributed by atoms with Crippen LogP contribution >= 0.6 is 7.60 Å². The highest BCUT2D eigenvalue weighted by Gasteiger charge is 2.50. The monoisotopic (exact) mass is 310 g/mol. The Labute approximate surface area is 120 Å². The minimum atomic E-state index is -5.54. The first-order valence-corrected chi connectivity index (χ1v) is 7.69. The van der Waals surface area contributed by atoms with E-state index < -0.39 is 18.8 Å². The minimum absolute atomic E-state index is 0.435. The number of rotatable bonds is 4. The molecule has 2 N–H and O–H groups in total. The van der Waals surface area contributed by atoms with Crippen LogP contribution in [-0.4, -0.2) is 9.79 Å². The van der Waals surface area contributed by atoms with E-state index in [1.807, 2.05) is 30.3 Å². The maximum Gasteiger partial charge on any atom is 0.399 e. The van der Waals surface area contributed by atoms with Gasteiger partial charge in [0.2, 0.25) is 0 Å². The summed E-state index contributed by atoms with van der Waals surface area (Å²) in [5, 5.41) is 0. The average Bonchev–Trinajstić information content (AvgIpc) is 2.45. The number of hydrogen-bond donors (Lipinski definition) is 2. The Balaban J connectivity index is 2.31. The Morgan fingerprint density at radius 2 is 1.48 bits per heavy atom. The molecule has 0 fully saturated rings. The first-order valence-electron chi connectivity index (χ1n) is 6.08. The third-order valence-electron chi connectivity index (χ3n) is 2.87. The van der Waals surface area contributed by atoms with E-state index in [1.165, 1.54) is 6.07 Å². The van der Waals surface area contributed by atoms with Crippen LogP contribution in [0.2, 0.25) is 0 Å². The number of hydrogen-bond acceptors (Lipinski definition) is 1. The fourth-order valence-electron chi connectivity index (χ4n) is 1.75. The lowest BCUT2D eigenvalue weighted by atomic mass is 10.1. The second-order valence-electron chi connectivity index (χ2n) is 4.45. The molecular formula is C15H13F2O3P. The van der Waals surface area contributed by atoms with Gasteiger partial charge in [-0.05, 0) is 17.2 Å². The van der Waals surface area contributed by atoms with Crippen molar-refractivity contribution in [3.8, 4) is 0 Å². The van der Waals surface area contributed by atoms with Gasteiger partial charge in [0.25, 0.3) is 0 Å². The van der Waals surface area contributed by atoms with Gasteiger partial charge in [-0.25, -0.2) is 0 Å². The molecule has 0 aliphatic rings. The highest BCUT2D eigenvalue weighted by atomic mass is 31.2. The van der Waals surface area contributed by atoms with Crippen molar-refractivity contribution in [1.29, 1.82) is 0 Å². The third kappa shape index (κ3) is 3.64. The molecular weight excluding hydrogens is 297 g/mol. The zero-order chi connectivity index (χ0) is 15.5. The van der Waals surface area contributed by atoms with Crippen molar-refractivity contribution in [3.05, 3.63) is 71.3 Å². The molecule has 3 nitrogen and oxygen atoms in total. The topological polar surface area (TPSA) is 57.5 Å². The molecule has 0 heterocycles. The molecule has 0 unspecified atom stereocenters. The first kappa shape index (κ1) is 15.6. The summed E-state index contributed by atoms with van der Waals surface area (Å²) in [6.07, 6.45) is 3.34. The molecule has 110 valence electrons. The molecule has 0 aliphatic heterocycles. The standard InChI is InChI=1S/C15H13F2O3P/c16-15(17,21(18,19)20)14-8-4-7-13(11-14)10-9-12-5-2-1-3-6-12/h1-11H,(H2,18,19,20)/b10-9-. The third-order valence-corrected chi connectivity index (χ3v) is 3.86. The van der Waals surface area contributed by atoms with Crippen molar-refractivity contribution in [3.63, 3.8) is 0 Å². The molecule has 2 aromatic carbocycles. The zero-order valence-electron chi connectivity index (χ0n) is 10.9. The Bertz CT molecular complexity index is 693. The quantitative estimate of drug-likeness (QED) is 0.661. The van der Waals surface area contributed by atoms with Gasteiger partial charge in [0.05, 0.1) is 0 Å². The van der Waals surface area contributed by atoms with Crippen LogP contribution in [0.1, 0.15) is 16.7 Å². The van der Waals surface area contributed by atoms with Crippen LogP contribution in [-0.2, 0) is 10.2 Å². The van der Waals surface area contributed by atoms with Gasteiger partial charge in [-0.3, -0.25) is 4.57 Å². The van der Waals surface area contributed by atoms with Crippen LogP contribution in [0.4, 0.5) is 8.78 Å². The highest BCUT2D eigenvalue weighted by molar-refractivity contribution is 7.52. The van der Waals surface area contributed by atoms with E-state index in [2.05, 4.69) is 0 Å².